The number of benzene rings is 2. The number of fused-ring (bicyclic) bond motifs is 1. The number of pyridine rings is 1. The Balaban J connectivity index is 1.47. The summed E-state index contributed by atoms with van der Waals surface area (Å²) in [5, 5.41) is 9.74. The van der Waals surface area contributed by atoms with Crippen LogP contribution in [0.15, 0.2) is 88.9 Å². The molecule has 0 amide bonds. The number of aryl methyl sites for hydroxylation is 1. The molecule has 0 spiro atoms. The van der Waals surface area contributed by atoms with E-state index in [4.69, 9.17) is 4.74 Å². The lowest BCUT2D eigenvalue weighted by atomic mass is 10.1. The third-order valence-electron chi connectivity index (χ3n) is 5.52. The van der Waals surface area contributed by atoms with Gasteiger partial charge in [-0.2, -0.15) is 0 Å². The Bertz CT molecular complexity index is 1510. The Kier molecular flexibility index (Phi) is 6.63. The van der Waals surface area contributed by atoms with Gasteiger partial charge in [0.15, 0.2) is 5.16 Å². The Morgan fingerprint density at radius 2 is 1.77 bits per heavy atom. The fourth-order valence-corrected chi connectivity index (χ4v) is 4.74. The second-order valence-electron chi connectivity index (χ2n) is 8.13. The first-order chi connectivity index (χ1) is 17.1. The van der Waals surface area contributed by atoms with Crippen LogP contribution in [-0.2, 0) is 12.2 Å². The third-order valence-corrected chi connectivity index (χ3v) is 6.48. The summed E-state index contributed by atoms with van der Waals surface area (Å²) in [6, 6.07) is 23.5. The molecule has 0 radical (unpaired) electrons. The van der Waals surface area contributed by atoms with E-state index in [0.29, 0.717) is 30.1 Å². The lowest BCUT2D eigenvalue weighted by Gasteiger charge is -2.12. The maximum Gasteiger partial charge on any atom is 0.258 e. The van der Waals surface area contributed by atoms with Crippen LogP contribution < -0.4 is 10.3 Å². The topological polar surface area (TPSA) is 74.3 Å². The molecule has 0 aliphatic heterocycles. The minimum absolute atomic E-state index is 0.0907. The van der Waals surface area contributed by atoms with Crippen LogP contribution in [-0.4, -0.2) is 30.8 Å². The highest BCUT2D eigenvalue weighted by molar-refractivity contribution is 7.98. The Labute approximate surface area is 207 Å². The molecule has 0 aliphatic carbocycles. The molecule has 176 valence electrons. The maximum atomic E-state index is 12.6. The van der Waals surface area contributed by atoms with Gasteiger partial charge >= 0.3 is 0 Å². The molecule has 3 heterocycles. The largest absolute Gasteiger partial charge is 0.494 e. The van der Waals surface area contributed by atoms with E-state index >= 15 is 0 Å². The number of thioether (sulfide) groups is 1. The first kappa shape index (κ1) is 22.9. The van der Waals surface area contributed by atoms with Crippen molar-refractivity contribution in [3.8, 4) is 11.4 Å². The van der Waals surface area contributed by atoms with E-state index in [-0.39, 0.29) is 5.56 Å². The predicted octanol–water partition coefficient (Wildman–Crippen LogP) is 4.87. The number of nitrogens with zero attached hydrogens (tertiary/aromatic N) is 5. The van der Waals surface area contributed by atoms with Crippen molar-refractivity contribution in [2.75, 3.05) is 6.61 Å². The second kappa shape index (κ2) is 10.1. The molecule has 8 heteroatoms. The average molecular weight is 484 g/mol. The lowest BCUT2D eigenvalue weighted by Crippen LogP contribution is -2.15. The summed E-state index contributed by atoms with van der Waals surface area (Å²) in [6.45, 7) is 4.54. The SMILES string of the molecule is CCOc1ccc(-n2c(Cc3ccccc3)nnc2SCc2cc(=O)n3cc(C)ccc3n2)cc1. The van der Waals surface area contributed by atoms with Crippen LogP contribution in [0.5, 0.6) is 5.75 Å². The van der Waals surface area contributed by atoms with E-state index in [1.54, 1.807) is 16.7 Å². The van der Waals surface area contributed by atoms with Crippen molar-refractivity contribution in [3.63, 3.8) is 0 Å². The summed E-state index contributed by atoms with van der Waals surface area (Å²) in [7, 11) is 0. The smallest absolute Gasteiger partial charge is 0.258 e. The molecule has 2 aromatic carbocycles. The quantitative estimate of drug-likeness (QED) is 0.293. The average Bonchev–Trinajstić information content (AvgIpc) is 3.27. The summed E-state index contributed by atoms with van der Waals surface area (Å²) in [4.78, 5) is 17.3. The fraction of sp³-hybridized carbons (Fsp3) is 0.185. The summed E-state index contributed by atoms with van der Waals surface area (Å²) < 4.78 is 9.24. The van der Waals surface area contributed by atoms with Gasteiger partial charge in [0, 0.05) is 30.1 Å². The van der Waals surface area contributed by atoms with Crippen molar-refractivity contribution in [3.05, 3.63) is 112 Å². The van der Waals surface area contributed by atoms with E-state index in [0.717, 1.165) is 33.5 Å². The van der Waals surface area contributed by atoms with Gasteiger partial charge in [0.05, 0.1) is 12.3 Å². The van der Waals surface area contributed by atoms with E-state index in [1.165, 1.54) is 11.8 Å². The van der Waals surface area contributed by atoms with Gasteiger partial charge in [-0.15, -0.1) is 10.2 Å². The standard InChI is InChI=1S/C27H25N5O2S/c1-3-34-23-12-10-22(11-13-23)32-25(15-20-7-5-4-6-8-20)29-30-27(32)35-18-21-16-26(33)31-17-19(2)9-14-24(31)28-21/h4-14,16-17H,3,15,18H2,1-2H3. The molecular weight excluding hydrogens is 458 g/mol. The molecule has 5 rings (SSSR count). The molecule has 0 fully saturated rings. The fourth-order valence-electron chi connectivity index (χ4n) is 3.87. The van der Waals surface area contributed by atoms with Gasteiger partial charge < -0.3 is 4.74 Å². The molecule has 0 atom stereocenters. The van der Waals surface area contributed by atoms with Gasteiger partial charge in [-0.25, -0.2) is 4.98 Å². The Morgan fingerprint density at radius 1 is 0.971 bits per heavy atom. The lowest BCUT2D eigenvalue weighted by molar-refractivity contribution is 0.340. The third kappa shape index (κ3) is 5.12. The van der Waals surface area contributed by atoms with E-state index in [9.17, 15) is 4.79 Å². The van der Waals surface area contributed by atoms with Crippen molar-refractivity contribution in [2.45, 2.75) is 31.2 Å². The molecule has 0 saturated carbocycles. The summed E-state index contributed by atoms with van der Waals surface area (Å²) in [5.41, 5.74) is 4.37. The van der Waals surface area contributed by atoms with E-state index in [2.05, 4.69) is 31.9 Å². The molecule has 0 aliphatic rings. The molecule has 0 N–H and O–H groups in total. The monoisotopic (exact) mass is 483 g/mol. The molecule has 3 aromatic heterocycles. The summed E-state index contributed by atoms with van der Waals surface area (Å²) in [6.07, 6.45) is 2.45. The predicted molar refractivity (Wildman–Crippen MR) is 138 cm³/mol. The van der Waals surface area contributed by atoms with Gasteiger partial charge in [0.1, 0.15) is 17.2 Å². The van der Waals surface area contributed by atoms with Gasteiger partial charge in [-0.3, -0.25) is 13.8 Å². The Hall–Kier alpha value is -3.91. The van der Waals surface area contributed by atoms with Gasteiger partial charge in [0.25, 0.3) is 5.56 Å². The molecule has 35 heavy (non-hydrogen) atoms. The van der Waals surface area contributed by atoms with Crippen LogP contribution in [0.25, 0.3) is 11.3 Å². The zero-order chi connectivity index (χ0) is 24.2. The van der Waals surface area contributed by atoms with Crippen LogP contribution in [0.4, 0.5) is 0 Å². The zero-order valence-electron chi connectivity index (χ0n) is 19.6. The van der Waals surface area contributed by atoms with Crippen molar-refractivity contribution >= 4 is 17.4 Å². The first-order valence-electron chi connectivity index (χ1n) is 11.4. The summed E-state index contributed by atoms with van der Waals surface area (Å²) in [5.74, 6) is 2.16. The molecular formula is C27H25N5O2S. The highest BCUT2D eigenvalue weighted by Crippen LogP contribution is 2.27. The highest BCUT2D eigenvalue weighted by atomic mass is 32.2. The van der Waals surface area contributed by atoms with Gasteiger partial charge in [0.2, 0.25) is 0 Å². The Morgan fingerprint density at radius 3 is 2.54 bits per heavy atom. The van der Waals surface area contributed by atoms with Crippen molar-refractivity contribution in [2.24, 2.45) is 0 Å². The number of hydrogen-bond acceptors (Lipinski definition) is 6. The molecule has 7 nitrogen and oxygen atoms in total. The van der Waals surface area contributed by atoms with Crippen LogP contribution in [0, 0.1) is 6.92 Å². The van der Waals surface area contributed by atoms with E-state index < -0.39 is 0 Å². The van der Waals surface area contributed by atoms with Gasteiger partial charge in [-0.1, -0.05) is 48.2 Å². The second-order valence-corrected chi connectivity index (χ2v) is 9.08. The van der Waals surface area contributed by atoms with Gasteiger partial charge in [-0.05, 0) is 55.3 Å². The van der Waals surface area contributed by atoms with Crippen LogP contribution in [0.2, 0.25) is 0 Å². The highest BCUT2D eigenvalue weighted by Gasteiger charge is 2.16. The number of hydrogen-bond donors (Lipinski definition) is 0. The number of aromatic nitrogens is 5. The zero-order valence-corrected chi connectivity index (χ0v) is 20.4. The van der Waals surface area contributed by atoms with Crippen LogP contribution >= 0.6 is 11.8 Å². The maximum absolute atomic E-state index is 12.6. The van der Waals surface area contributed by atoms with Crippen LogP contribution in [0.3, 0.4) is 0 Å². The first-order valence-corrected chi connectivity index (χ1v) is 12.4. The van der Waals surface area contributed by atoms with Crippen molar-refractivity contribution in [1.29, 1.82) is 0 Å². The summed E-state index contributed by atoms with van der Waals surface area (Å²) >= 11 is 1.51. The van der Waals surface area contributed by atoms with Crippen LogP contribution in [0.1, 0.15) is 29.6 Å². The minimum Gasteiger partial charge on any atom is -0.494 e. The molecule has 0 saturated heterocycles. The number of ether oxygens (including phenoxy) is 1. The van der Waals surface area contributed by atoms with E-state index in [1.807, 2.05) is 68.4 Å². The molecule has 5 aromatic rings. The van der Waals surface area contributed by atoms with Crippen molar-refractivity contribution < 1.29 is 4.74 Å². The van der Waals surface area contributed by atoms with Crippen molar-refractivity contribution in [1.82, 2.24) is 24.1 Å². The minimum atomic E-state index is -0.0907. The normalized spacial score (nSPS) is 11.1. The molecule has 0 bridgehead atoms. The number of rotatable bonds is 8. The molecule has 0 unspecified atom stereocenters.